The van der Waals surface area contributed by atoms with E-state index < -0.39 is 6.04 Å². The normalized spacial score (nSPS) is 12.7. The van der Waals surface area contributed by atoms with Gasteiger partial charge in [0.05, 0.1) is 17.7 Å². The summed E-state index contributed by atoms with van der Waals surface area (Å²) in [6.07, 6.45) is 0. The molecule has 0 radical (unpaired) electrons. The lowest BCUT2D eigenvalue weighted by Crippen LogP contribution is -2.15. The summed E-state index contributed by atoms with van der Waals surface area (Å²) in [4.78, 5) is 4.10. The van der Waals surface area contributed by atoms with Crippen molar-refractivity contribution in [2.45, 2.75) is 6.04 Å². The van der Waals surface area contributed by atoms with Gasteiger partial charge in [-0.2, -0.15) is 4.98 Å². The summed E-state index contributed by atoms with van der Waals surface area (Å²) in [6, 6.07) is 4.79. The number of benzene rings is 1. The van der Waals surface area contributed by atoms with Gasteiger partial charge < -0.3 is 15.4 Å². The summed E-state index contributed by atoms with van der Waals surface area (Å²) >= 11 is 8.13. The molecule has 1 aromatic carbocycles. The van der Waals surface area contributed by atoms with E-state index in [1.807, 2.05) is 12.1 Å². The van der Waals surface area contributed by atoms with E-state index >= 15 is 0 Å². The van der Waals surface area contributed by atoms with Crippen molar-refractivity contribution in [2.75, 3.05) is 6.61 Å². The van der Waals surface area contributed by atoms with Crippen LogP contribution in [0.4, 0.5) is 0 Å². The SMILES string of the molecule is NC(CO)c1noc(-c2ccc(I)c(Cl)c2)n1. The number of halogens is 2. The van der Waals surface area contributed by atoms with Crippen molar-refractivity contribution >= 4 is 34.2 Å². The van der Waals surface area contributed by atoms with Gasteiger partial charge in [0.2, 0.25) is 0 Å². The Morgan fingerprint density at radius 3 is 2.94 bits per heavy atom. The number of hydrogen-bond acceptors (Lipinski definition) is 5. The molecule has 2 aromatic rings. The quantitative estimate of drug-likeness (QED) is 0.813. The lowest BCUT2D eigenvalue weighted by molar-refractivity contribution is 0.260. The van der Waals surface area contributed by atoms with E-state index in [1.165, 1.54) is 0 Å². The average Bonchev–Trinajstić information content (AvgIpc) is 2.81. The highest BCUT2D eigenvalue weighted by molar-refractivity contribution is 14.1. The topological polar surface area (TPSA) is 85.2 Å². The molecule has 0 saturated carbocycles. The molecule has 0 bridgehead atoms. The molecule has 0 spiro atoms. The van der Waals surface area contributed by atoms with Gasteiger partial charge in [-0.15, -0.1) is 0 Å². The van der Waals surface area contributed by atoms with E-state index in [0.717, 1.165) is 9.13 Å². The predicted octanol–water partition coefficient (Wildman–Crippen LogP) is 1.99. The molecule has 1 atom stereocenters. The third kappa shape index (κ3) is 2.76. The molecule has 17 heavy (non-hydrogen) atoms. The van der Waals surface area contributed by atoms with Crippen molar-refractivity contribution in [3.8, 4) is 11.5 Å². The molecule has 1 aromatic heterocycles. The molecule has 0 aliphatic carbocycles. The summed E-state index contributed by atoms with van der Waals surface area (Å²) in [6.45, 7) is -0.230. The number of nitrogens with two attached hydrogens (primary N) is 1. The van der Waals surface area contributed by atoms with Crippen LogP contribution in [0.2, 0.25) is 5.02 Å². The highest BCUT2D eigenvalue weighted by atomic mass is 127. The smallest absolute Gasteiger partial charge is 0.258 e. The molecule has 0 saturated heterocycles. The Morgan fingerprint density at radius 2 is 2.29 bits per heavy atom. The van der Waals surface area contributed by atoms with E-state index in [9.17, 15) is 0 Å². The molecule has 2 rings (SSSR count). The number of aliphatic hydroxyl groups is 1. The maximum Gasteiger partial charge on any atom is 0.258 e. The summed E-state index contributed by atoms with van der Waals surface area (Å²) in [5.41, 5.74) is 6.30. The van der Waals surface area contributed by atoms with Gasteiger partial charge in [0.25, 0.3) is 5.89 Å². The second-order valence-electron chi connectivity index (χ2n) is 3.38. The van der Waals surface area contributed by atoms with Crippen LogP contribution in [-0.4, -0.2) is 21.9 Å². The van der Waals surface area contributed by atoms with Gasteiger partial charge in [-0.25, -0.2) is 0 Å². The maximum absolute atomic E-state index is 8.88. The van der Waals surface area contributed by atoms with E-state index in [2.05, 4.69) is 32.7 Å². The van der Waals surface area contributed by atoms with Crippen molar-refractivity contribution < 1.29 is 9.63 Å². The first-order valence-electron chi connectivity index (χ1n) is 4.77. The van der Waals surface area contributed by atoms with Gasteiger partial charge >= 0.3 is 0 Å². The molecule has 3 N–H and O–H groups in total. The Labute approximate surface area is 116 Å². The van der Waals surface area contributed by atoms with Crippen LogP contribution in [0.5, 0.6) is 0 Å². The minimum atomic E-state index is -0.633. The fraction of sp³-hybridized carbons (Fsp3) is 0.200. The molecule has 0 aliphatic rings. The Balaban J connectivity index is 2.33. The fourth-order valence-electron chi connectivity index (χ4n) is 1.21. The molecular formula is C10H9ClIN3O2. The van der Waals surface area contributed by atoms with Crippen molar-refractivity contribution in [3.63, 3.8) is 0 Å². The van der Waals surface area contributed by atoms with Gasteiger partial charge in [0, 0.05) is 9.13 Å². The minimum absolute atomic E-state index is 0.230. The molecule has 1 unspecified atom stereocenters. The van der Waals surface area contributed by atoms with Crippen LogP contribution in [0.3, 0.4) is 0 Å². The third-order valence-electron chi connectivity index (χ3n) is 2.14. The van der Waals surface area contributed by atoms with Crippen molar-refractivity contribution in [2.24, 2.45) is 5.73 Å². The number of aliphatic hydroxyl groups excluding tert-OH is 1. The van der Waals surface area contributed by atoms with E-state index in [1.54, 1.807) is 6.07 Å². The molecule has 90 valence electrons. The second-order valence-corrected chi connectivity index (χ2v) is 4.95. The zero-order chi connectivity index (χ0) is 12.4. The van der Waals surface area contributed by atoms with Gasteiger partial charge in [-0.05, 0) is 40.8 Å². The fourth-order valence-corrected chi connectivity index (χ4v) is 1.73. The summed E-state index contributed by atoms with van der Waals surface area (Å²) < 4.78 is 6.00. The largest absolute Gasteiger partial charge is 0.394 e. The van der Waals surface area contributed by atoms with Gasteiger partial charge in [0.1, 0.15) is 0 Å². The van der Waals surface area contributed by atoms with Gasteiger partial charge in [0.15, 0.2) is 5.82 Å². The van der Waals surface area contributed by atoms with Crippen LogP contribution in [0.15, 0.2) is 22.7 Å². The van der Waals surface area contributed by atoms with Gasteiger partial charge in [-0.1, -0.05) is 16.8 Å². The van der Waals surface area contributed by atoms with Crippen molar-refractivity contribution in [3.05, 3.63) is 32.6 Å². The van der Waals surface area contributed by atoms with Crippen LogP contribution in [0.25, 0.3) is 11.5 Å². The summed E-state index contributed by atoms with van der Waals surface area (Å²) in [5, 5.41) is 13.2. The van der Waals surface area contributed by atoms with Gasteiger partial charge in [-0.3, -0.25) is 0 Å². The summed E-state index contributed by atoms with van der Waals surface area (Å²) in [7, 11) is 0. The second kappa shape index (κ2) is 5.30. The molecule has 0 amide bonds. The van der Waals surface area contributed by atoms with Crippen LogP contribution in [0.1, 0.15) is 11.9 Å². The van der Waals surface area contributed by atoms with Crippen LogP contribution < -0.4 is 5.73 Å². The lowest BCUT2D eigenvalue weighted by atomic mass is 10.2. The van der Waals surface area contributed by atoms with Crippen LogP contribution in [-0.2, 0) is 0 Å². The van der Waals surface area contributed by atoms with Crippen LogP contribution >= 0.6 is 34.2 Å². The Bertz CT molecular complexity index is 532. The van der Waals surface area contributed by atoms with E-state index in [-0.39, 0.29) is 12.4 Å². The number of aromatic nitrogens is 2. The Hall–Kier alpha value is -0.700. The average molecular weight is 366 g/mol. The van der Waals surface area contributed by atoms with Crippen LogP contribution in [0, 0.1) is 3.57 Å². The predicted molar refractivity (Wildman–Crippen MR) is 71.5 cm³/mol. The first-order chi connectivity index (χ1) is 8.11. The van der Waals surface area contributed by atoms with Crippen molar-refractivity contribution in [1.82, 2.24) is 10.1 Å². The number of nitrogens with zero attached hydrogens (tertiary/aromatic N) is 2. The van der Waals surface area contributed by atoms with Crippen molar-refractivity contribution in [1.29, 1.82) is 0 Å². The molecular weight excluding hydrogens is 356 g/mol. The highest BCUT2D eigenvalue weighted by Gasteiger charge is 2.14. The Morgan fingerprint density at radius 1 is 1.53 bits per heavy atom. The first-order valence-corrected chi connectivity index (χ1v) is 6.23. The third-order valence-corrected chi connectivity index (χ3v) is 3.71. The number of hydrogen-bond donors (Lipinski definition) is 2. The minimum Gasteiger partial charge on any atom is -0.394 e. The number of rotatable bonds is 3. The summed E-state index contributed by atoms with van der Waals surface area (Å²) in [5.74, 6) is 0.611. The molecule has 7 heteroatoms. The highest BCUT2D eigenvalue weighted by Crippen LogP contribution is 2.25. The standard InChI is InChI=1S/C10H9ClIN3O2/c11-6-3-5(1-2-7(6)12)10-14-9(15-17-10)8(13)4-16/h1-3,8,16H,4,13H2. The maximum atomic E-state index is 8.88. The molecule has 0 fully saturated rings. The monoisotopic (exact) mass is 365 g/mol. The van der Waals surface area contributed by atoms with E-state index in [4.69, 9.17) is 27.0 Å². The first kappa shape index (κ1) is 12.7. The molecule has 5 nitrogen and oxygen atoms in total. The molecule has 1 heterocycles. The zero-order valence-corrected chi connectivity index (χ0v) is 11.5. The lowest BCUT2D eigenvalue weighted by Gasteiger charge is -1.99. The van der Waals surface area contributed by atoms with E-state index in [0.29, 0.717) is 10.9 Å². The molecule has 0 aliphatic heterocycles. The Kier molecular flexibility index (Phi) is 3.97. The zero-order valence-electron chi connectivity index (χ0n) is 8.60.